The molecule has 0 unspecified atom stereocenters. The third kappa shape index (κ3) is 4.84. The van der Waals surface area contributed by atoms with Gasteiger partial charge in [0.25, 0.3) is 0 Å². The van der Waals surface area contributed by atoms with Gasteiger partial charge in [-0.2, -0.15) is 0 Å². The van der Waals surface area contributed by atoms with Gasteiger partial charge in [0, 0.05) is 29.4 Å². The summed E-state index contributed by atoms with van der Waals surface area (Å²) in [5, 5.41) is 4.44. The molecule has 2 aromatic rings. The molecule has 0 bridgehead atoms. The number of ether oxygens (including phenoxy) is 2. The molecule has 1 saturated carbocycles. The van der Waals surface area contributed by atoms with Crippen LogP contribution in [0.3, 0.4) is 0 Å². The summed E-state index contributed by atoms with van der Waals surface area (Å²) < 4.78 is 36.9. The van der Waals surface area contributed by atoms with Crippen molar-refractivity contribution in [2.45, 2.75) is 38.1 Å². The molecule has 1 fully saturated rings. The molecule has 29 heavy (non-hydrogen) atoms. The number of para-hydroxylation sites is 1. The van der Waals surface area contributed by atoms with Crippen molar-refractivity contribution in [3.05, 3.63) is 23.1 Å². The minimum atomic E-state index is -3.12. The summed E-state index contributed by atoms with van der Waals surface area (Å²) in [4.78, 5) is 6.08. The number of sulfonamides is 1. The monoisotopic (exact) mass is 437 g/mol. The molecule has 2 heterocycles. The summed E-state index contributed by atoms with van der Waals surface area (Å²) in [5.74, 6) is 2.03. The van der Waals surface area contributed by atoms with Crippen LogP contribution in [0.2, 0.25) is 0 Å². The molecule has 7 nitrogen and oxygen atoms in total. The summed E-state index contributed by atoms with van der Waals surface area (Å²) in [6, 6.07) is 5.97. The molecular weight excluding hydrogens is 410 g/mol. The minimum absolute atomic E-state index is 0.0728. The van der Waals surface area contributed by atoms with Gasteiger partial charge in [0.15, 0.2) is 16.6 Å². The molecule has 1 aliphatic carbocycles. The Hall–Kier alpha value is -1.84. The van der Waals surface area contributed by atoms with Crippen LogP contribution in [-0.2, 0) is 16.4 Å². The molecule has 1 aliphatic heterocycles. The number of fused-ring (bicyclic) bond motifs is 3. The molecule has 0 radical (unpaired) electrons. The first kappa shape index (κ1) is 20.4. The highest BCUT2D eigenvalue weighted by Crippen LogP contribution is 2.43. The van der Waals surface area contributed by atoms with Crippen molar-refractivity contribution in [2.24, 2.45) is 5.92 Å². The summed E-state index contributed by atoms with van der Waals surface area (Å²) in [6.45, 7) is 1.47. The Bertz CT molecular complexity index is 966. The standard InChI is InChI=1S/C20H27N3O4S2/c1-26-16-5-3-4-15-18-17(10-11-27-19(15)16)28-20(22-18)21-12-13-6-8-14(9-7-13)23-29(2,24)25/h3-5,13-14,23H,6-12H2,1-2H3,(H,21,22)/t13-,14-. The Kier molecular flexibility index (Phi) is 5.98. The molecule has 1 aromatic heterocycles. The summed E-state index contributed by atoms with van der Waals surface area (Å²) >= 11 is 1.69. The number of hydrogen-bond donors (Lipinski definition) is 2. The van der Waals surface area contributed by atoms with E-state index < -0.39 is 10.0 Å². The topological polar surface area (TPSA) is 89.5 Å². The van der Waals surface area contributed by atoms with Gasteiger partial charge in [-0.3, -0.25) is 0 Å². The number of rotatable bonds is 6. The zero-order valence-electron chi connectivity index (χ0n) is 16.7. The smallest absolute Gasteiger partial charge is 0.208 e. The average molecular weight is 438 g/mol. The second-order valence-corrected chi connectivity index (χ2v) is 10.6. The molecule has 1 aromatic carbocycles. The van der Waals surface area contributed by atoms with E-state index >= 15 is 0 Å². The van der Waals surface area contributed by atoms with Crippen molar-refractivity contribution < 1.29 is 17.9 Å². The molecule has 0 saturated heterocycles. The number of hydrogen-bond acceptors (Lipinski definition) is 7. The maximum absolute atomic E-state index is 11.4. The van der Waals surface area contributed by atoms with E-state index in [1.807, 2.05) is 18.2 Å². The van der Waals surface area contributed by atoms with Gasteiger partial charge < -0.3 is 14.8 Å². The molecule has 4 rings (SSSR count). The summed E-state index contributed by atoms with van der Waals surface area (Å²) in [6.07, 6.45) is 5.86. The Morgan fingerprint density at radius 1 is 1.28 bits per heavy atom. The predicted molar refractivity (Wildman–Crippen MR) is 116 cm³/mol. The van der Waals surface area contributed by atoms with Crippen LogP contribution in [0.5, 0.6) is 11.5 Å². The first-order chi connectivity index (χ1) is 13.9. The highest BCUT2D eigenvalue weighted by Gasteiger charge is 2.25. The van der Waals surface area contributed by atoms with E-state index in [0.29, 0.717) is 12.5 Å². The zero-order chi connectivity index (χ0) is 20.4. The van der Waals surface area contributed by atoms with Gasteiger partial charge in [0.05, 0.1) is 25.7 Å². The fraction of sp³-hybridized carbons (Fsp3) is 0.550. The fourth-order valence-corrected chi connectivity index (χ4v) is 5.89. The van der Waals surface area contributed by atoms with E-state index in [4.69, 9.17) is 14.5 Å². The lowest BCUT2D eigenvalue weighted by molar-refractivity contribution is 0.302. The van der Waals surface area contributed by atoms with Gasteiger partial charge in [-0.25, -0.2) is 18.1 Å². The van der Waals surface area contributed by atoms with E-state index in [9.17, 15) is 8.42 Å². The first-order valence-electron chi connectivity index (χ1n) is 9.94. The summed E-state index contributed by atoms with van der Waals surface area (Å²) in [7, 11) is -1.47. The zero-order valence-corrected chi connectivity index (χ0v) is 18.4. The number of anilines is 1. The SMILES string of the molecule is COc1cccc2c1OCCc1sc(NC[C@H]3CC[C@H](NS(C)(=O)=O)CC3)nc1-2. The lowest BCUT2D eigenvalue weighted by atomic mass is 9.86. The van der Waals surface area contributed by atoms with Crippen LogP contribution >= 0.6 is 11.3 Å². The molecular formula is C20H27N3O4S2. The normalized spacial score (nSPS) is 21.4. The van der Waals surface area contributed by atoms with Gasteiger partial charge >= 0.3 is 0 Å². The van der Waals surface area contributed by atoms with E-state index in [-0.39, 0.29) is 6.04 Å². The van der Waals surface area contributed by atoms with Crippen LogP contribution in [0.15, 0.2) is 18.2 Å². The van der Waals surface area contributed by atoms with Gasteiger partial charge in [-0.1, -0.05) is 6.07 Å². The first-order valence-corrected chi connectivity index (χ1v) is 12.6. The average Bonchev–Trinajstić information content (AvgIpc) is 3.01. The van der Waals surface area contributed by atoms with Crippen molar-refractivity contribution in [2.75, 3.05) is 31.8 Å². The van der Waals surface area contributed by atoms with Crippen molar-refractivity contribution in [1.29, 1.82) is 0 Å². The van der Waals surface area contributed by atoms with E-state index in [2.05, 4.69) is 10.0 Å². The molecule has 0 atom stereocenters. The quantitative estimate of drug-likeness (QED) is 0.721. The Balaban J connectivity index is 1.40. The number of aromatic nitrogens is 1. The predicted octanol–water partition coefficient (Wildman–Crippen LogP) is 3.27. The number of nitrogens with one attached hydrogen (secondary N) is 2. The molecule has 158 valence electrons. The minimum Gasteiger partial charge on any atom is -0.493 e. The number of thiazole rings is 1. The number of benzene rings is 1. The van der Waals surface area contributed by atoms with Crippen LogP contribution in [0.25, 0.3) is 11.3 Å². The lowest BCUT2D eigenvalue weighted by Gasteiger charge is -2.28. The van der Waals surface area contributed by atoms with Gasteiger partial charge in [0.1, 0.15) is 0 Å². The number of methoxy groups -OCH3 is 1. The Morgan fingerprint density at radius 3 is 2.79 bits per heavy atom. The lowest BCUT2D eigenvalue weighted by Crippen LogP contribution is -2.37. The van der Waals surface area contributed by atoms with Crippen molar-refractivity contribution in [3.63, 3.8) is 0 Å². The van der Waals surface area contributed by atoms with Gasteiger partial charge in [0.2, 0.25) is 10.0 Å². The van der Waals surface area contributed by atoms with E-state index in [1.54, 1.807) is 18.4 Å². The maximum Gasteiger partial charge on any atom is 0.208 e. The highest BCUT2D eigenvalue weighted by atomic mass is 32.2. The van der Waals surface area contributed by atoms with Crippen LogP contribution in [0.4, 0.5) is 5.13 Å². The van der Waals surface area contributed by atoms with Crippen molar-refractivity contribution in [3.8, 4) is 22.8 Å². The van der Waals surface area contributed by atoms with Crippen molar-refractivity contribution >= 4 is 26.5 Å². The van der Waals surface area contributed by atoms with Crippen LogP contribution in [0, 0.1) is 5.92 Å². The second-order valence-electron chi connectivity index (χ2n) is 7.71. The molecule has 0 amide bonds. The van der Waals surface area contributed by atoms with Crippen LogP contribution in [0.1, 0.15) is 30.6 Å². The third-order valence-corrected chi connectivity index (χ3v) is 7.33. The van der Waals surface area contributed by atoms with Gasteiger partial charge in [-0.15, -0.1) is 11.3 Å². The van der Waals surface area contributed by atoms with Crippen LogP contribution < -0.4 is 19.5 Å². The molecule has 2 aliphatic rings. The Morgan fingerprint density at radius 2 is 2.07 bits per heavy atom. The second kappa shape index (κ2) is 8.49. The van der Waals surface area contributed by atoms with Crippen molar-refractivity contribution in [1.82, 2.24) is 9.71 Å². The highest BCUT2D eigenvalue weighted by molar-refractivity contribution is 7.88. The molecule has 9 heteroatoms. The summed E-state index contributed by atoms with van der Waals surface area (Å²) in [5.41, 5.74) is 1.96. The molecule has 2 N–H and O–H groups in total. The number of nitrogens with zero attached hydrogens (tertiary/aromatic N) is 1. The fourth-order valence-electron chi connectivity index (χ4n) is 4.08. The van der Waals surface area contributed by atoms with E-state index in [0.717, 1.165) is 66.5 Å². The maximum atomic E-state index is 11.4. The van der Waals surface area contributed by atoms with E-state index in [1.165, 1.54) is 11.1 Å². The third-order valence-electron chi connectivity index (χ3n) is 5.50. The Labute approximate surface area is 175 Å². The van der Waals surface area contributed by atoms with Crippen LogP contribution in [-0.4, -0.2) is 46.0 Å². The van der Waals surface area contributed by atoms with Gasteiger partial charge in [-0.05, 0) is 43.7 Å². The largest absolute Gasteiger partial charge is 0.493 e. The molecule has 0 spiro atoms.